The number of anilines is 1. The summed E-state index contributed by atoms with van der Waals surface area (Å²) in [4.78, 5) is 12.5. The number of carbonyl (C=O) groups is 1. The van der Waals surface area contributed by atoms with Gasteiger partial charge in [0.25, 0.3) is 5.91 Å². The van der Waals surface area contributed by atoms with E-state index in [1.807, 2.05) is 64.1 Å². The molecule has 122 valence electrons. The van der Waals surface area contributed by atoms with Gasteiger partial charge in [0.15, 0.2) is 0 Å². The van der Waals surface area contributed by atoms with Crippen LogP contribution in [0.5, 0.6) is 11.5 Å². The number of amides is 1. The van der Waals surface area contributed by atoms with Crippen molar-refractivity contribution in [3.8, 4) is 11.5 Å². The van der Waals surface area contributed by atoms with Gasteiger partial charge < -0.3 is 14.8 Å². The van der Waals surface area contributed by atoms with Crippen LogP contribution in [-0.4, -0.2) is 18.1 Å². The van der Waals surface area contributed by atoms with Gasteiger partial charge >= 0.3 is 0 Å². The minimum atomic E-state index is -0.196. The first kappa shape index (κ1) is 16.9. The molecule has 2 aromatic carbocycles. The maximum Gasteiger partial charge on any atom is 0.259 e. The van der Waals surface area contributed by atoms with E-state index >= 15 is 0 Å². The van der Waals surface area contributed by atoms with Gasteiger partial charge in [0, 0.05) is 5.69 Å². The molecule has 2 aromatic rings. The molecular formula is C19H23NO3. The quantitative estimate of drug-likeness (QED) is 0.853. The molecule has 0 aliphatic carbocycles. The lowest BCUT2D eigenvalue weighted by Crippen LogP contribution is -2.15. The summed E-state index contributed by atoms with van der Waals surface area (Å²) in [5.74, 6) is 1.17. The van der Waals surface area contributed by atoms with Crippen molar-refractivity contribution < 1.29 is 14.3 Å². The van der Waals surface area contributed by atoms with Crippen LogP contribution in [0.25, 0.3) is 0 Å². The molecule has 0 aromatic heterocycles. The highest BCUT2D eigenvalue weighted by Crippen LogP contribution is 2.22. The lowest BCUT2D eigenvalue weighted by molar-refractivity contribution is 0.102. The van der Waals surface area contributed by atoms with Gasteiger partial charge in [-0.2, -0.15) is 0 Å². The average molecular weight is 313 g/mol. The molecule has 23 heavy (non-hydrogen) atoms. The number of para-hydroxylation sites is 1. The first-order valence-electron chi connectivity index (χ1n) is 7.79. The molecule has 0 aliphatic rings. The predicted octanol–water partition coefficient (Wildman–Crippen LogP) is 4.51. The van der Waals surface area contributed by atoms with Gasteiger partial charge in [0.2, 0.25) is 0 Å². The summed E-state index contributed by atoms with van der Waals surface area (Å²) >= 11 is 0. The van der Waals surface area contributed by atoms with Crippen LogP contribution < -0.4 is 14.8 Å². The Kier molecular flexibility index (Phi) is 5.63. The van der Waals surface area contributed by atoms with Crippen LogP contribution in [0.2, 0.25) is 0 Å². The molecule has 1 amide bonds. The van der Waals surface area contributed by atoms with Crippen LogP contribution in [0.15, 0.2) is 48.5 Å². The first-order valence-corrected chi connectivity index (χ1v) is 7.79. The predicted molar refractivity (Wildman–Crippen MR) is 92.4 cm³/mol. The monoisotopic (exact) mass is 313 g/mol. The van der Waals surface area contributed by atoms with E-state index in [2.05, 4.69) is 5.32 Å². The summed E-state index contributed by atoms with van der Waals surface area (Å²) in [5.41, 5.74) is 1.23. The molecule has 0 saturated heterocycles. The largest absolute Gasteiger partial charge is 0.491 e. The summed E-state index contributed by atoms with van der Waals surface area (Å²) in [7, 11) is 0. The number of rotatable bonds is 6. The van der Waals surface area contributed by atoms with Gasteiger partial charge in [-0.1, -0.05) is 12.1 Å². The summed E-state index contributed by atoms with van der Waals surface area (Å²) in [5, 5.41) is 2.88. The second kappa shape index (κ2) is 7.68. The molecule has 0 aliphatic heterocycles. The third-order valence-electron chi connectivity index (χ3n) is 2.98. The highest BCUT2D eigenvalue weighted by atomic mass is 16.5. The fourth-order valence-electron chi connectivity index (χ4n) is 2.10. The smallest absolute Gasteiger partial charge is 0.259 e. The average Bonchev–Trinajstić information content (AvgIpc) is 2.48. The Morgan fingerprint density at radius 1 is 0.870 bits per heavy atom. The molecular weight excluding hydrogens is 290 g/mol. The topological polar surface area (TPSA) is 47.6 Å². The molecule has 0 saturated carbocycles. The van der Waals surface area contributed by atoms with Gasteiger partial charge in [0.1, 0.15) is 11.5 Å². The Balaban J connectivity index is 2.10. The van der Waals surface area contributed by atoms with Crippen LogP contribution in [0.3, 0.4) is 0 Å². The minimum Gasteiger partial charge on any atom is -0.491 e. The minimum absolute atomic E-state index is 0.0106. The normalized spacial score (nSPS) is 10.7. The fraction of sp³-hybridized carbons (Fsp3) is 0.316. The maximum absolute atomic E-state index is 12.5. The lowest BCUT2D eigenvalue weighted by Gasteiger charge is -2.14. The molecule has 0 unspecified atom stereocenters. The highest BCUT2D eigenvalue weighted by molar-refractivity contribution is 6.06. The Hall–Kier alpha value is -2.49. The van der Waals surface area contributed by atoms with Crippen LogP contribution >= 0.6 is 0 Å². The molecule has 0 fully saturated rings. The van der Waals surface area contributed by atoms with E-state index in [-0.39, 0.29) is 18.1 Å². The van der Waals surface area contributed by atoms with E-state index in [0.29, 0.717) is 17.0 Å². The SMILES string of the molecule is CC(C)Oc1ccc(NC(=O)c2ccccc2OC(C)C)cc1. The van der Waals surface area contributed by atoms with Gasteiger partial charge in [-0.05, 0) is 64.1 Å². The first-order chi connectivity index (χ1) is 11.0. The van der Waals surface area contributed by atoms with Crippen LogP contribution in [0, 0.1) is 0 Å². The maximum atomic E-state index is 12.5. The van der Waals surface area contributed by atoms with Crippen molar-refractivity contribution in [2.24, 2.45) is 0 Å². The fourth-order valence-corrected chi connectivity index (χ4v) is 2.10. The molecule has 0 heterocycles. The van der Waals surface area contributed by atoms with Crippen molar-refractivity contribution in [2.45, 2.75) is 39.9 Å². The van der Waals surface area contributed by atoms with E-state index in [1.165, 1.54) is 0 Å². The van der Waals surface area contributed by atoms with Gasteiger partial charge in [-0.15, -0.1) is 0 Å². The highest BCUT2D eigenvalue weighted by Gasteiger charge is 2.13. The molecule has 4 nitrogen and oxygen atoms in total. The molecule has 0 bridgehead atoms. The summed E-state index contributed by atoms with van der Waals surface area (Å²) in [6.07, 6.45) is 0.131. The summed E-state index contributed by atoms with van der Waals surface area (Å²) in [6.45, 7) is 7.81. The number of hydrogen-bond acceptors (Lipinski definition) is 3. The van der Waals surface area contributed by atoms with Crippen molar-refractivity contribution in [1.29, 1.82) is 0 Å². The zero-order valence-electron chi connectivity index (χ0n) is 14.0. The lowest BCUT2D eigenvalue weighted by atomic mass is 10.1. The second-order valence-electron chi connectivity index (χ2n) is 5.81. The summed E-state index contributed by atoms with van der Waals surface area (Å²) in [6, 6.07) is 14.5. The van der Waals surface area contributed by atoms with Gasteiger partial charge in [0.05, 0.1) is 17.8 Å². The number of benzene rings is 2. The zero-order chi connectivity index (χ0) is 16.8. The van der Waals surface area contributed by atoms with Gasteiger partial charge in [-0.3, -0.25) is 4.79 Å². The van der Waals surface area contributed by atoms with Crippen molar-refractivity contribution in [3.05, 3.63) is 54.1 Å². The number of carbonyl (C=O) groups excluding carboxylic acids is 1. The number of hydrogen-bond donors (Lipinski definition) is 1. The Bertz CT molecular complexity index is 648. The Labute approximate surface area is 137 Å². The zero-order valence-corrected chi connectivity index (χ0v) is 14.0. The van der Waals surface area contributed by atoms with Crippen LogP contribution in [-0.2, 0) is 0 Å². The number of ether oxygens (including phenoxy) is 2. The van der Waals surface area contributed by atoms with E-state index in [4.69, 9.17) is 9.47 Å². The van der Waals surface area contributed by atoms with Crippen LogP contribution in [0.4, 0.5) is 5.69 Å². The number of nitrogens with one attached hydrogen (secondary N) is 1. The van der Waals surface area contributed by atoms with Gasteiger partial charge in [-0.25, -0.2) is 0 Å². The second-order valence-corrected chi connectivity index (χ2v) is 5.81. The van der Waals surface area contributed by atoms with Crippen molar-refractivity contribution in [2.75, 3.05) is 5.32 Å². The third-order valence-corrected chi connectivity index (χ3v) is 2.98. The van der Waals surface area contributed by atoms with Crippen molar-refractivity contribution in [3.63, 3.8) is 0 Å². The Morgan fingerprint density at radius 3 is 2.09 bits per heavy atom. The molecule has 1 N–H and O–H groups in total. The molecule has 2 rings (SSSR count). The summed E-state index contributed by atoms with van der Waals surface area (Å²) < 4.78 is 11.3. The van der Waals surface area contributed by atoms with E-state index in [9.17, 15) is 4.79 Å². The van der Waals surface area contributed by atoms with Crippen molar-refractivity contribution >= 4 is 11.6 Å². The van der Waals surface area contributed by atoms with E-state index in [0.717, 1.165) is 5.75 Å². The third kappa shape index (κ3) is 5.02. The standard InChI is InChI=1S/C19H23NO3/c1-13(2)22-16-11-9-15(10-12-16)20-19(21)17-7-5-6-8-18(17)23-14(3)4/h5-14H,1-4H3,(H,20,21). The van der Waals surface area contributed by atoms with E-state index < -0.39 is 0 Å². The van der Waals surface area contributed by atoms with Crippen molar-refractivity contribution in [1.82, 2.24) is 0 Å². The molecule has 0 atom stereocenters. The van der Waals surface area contributed by atoms with Crippen LogP contribution in [0.1, 0.15) is 38.1 Å². The molecule has 0 radical (unpaired) electrons. The Morgan fingerprint density at radius 2 is 1.48 bits per heavy atom. The molecule has 0 spiro atoms. The molecule has 4 heteroatoms. The van der Waals surface area contributed by atoms with E-state index in [1.54, 1.807) is 12.1 Å².